The Kier molecular flexibility index (Phi) is 4.58. The molecule has 0 radical (unpaired) electrons. The Balaban J connectivity index is 3.32. The summed E-state index contributed by atoms with van der Waals surface area (Å²) < 4.78 is 5.43. The fraction of sp³-hybridized carbons (Fsp3) is 0.308. The highest BCUT2D eigenvalue weighted by molar-refractivity contribution is 6.11. The van der Waals surface area contributed by atoms with Crippen molar-refractivity contribution in [2.75, 3.05) is 26.5 Å². The quantitative estimate of drug-likeness (QED) is 0.788. The third kappa shape index (κ3) is 2.42. The summed E-state index contributed by atoms with van der Waals surface area (Å²) in [5.74, 6) is 0.845. The van der Waals surface area contributed by atoms with Gasteiger partial charge in [-0.25, -0.2) is 0 Å². The SMILES string of the molecule is C/C=C(\C=NC)c1cccc(NC)c1OC. The lowest BCUT2D eigenvalue weighted by atomic mass is 10.0. The molecule has 0 heterocycles. The van der Waals surface area contributed by atoms with Crippen LogP contribution in [0.25, 0.3) is 5.57 Å². The Labute approximate surface area is 96.9 Å². The van der Waals surface area contributed by atoms with E-state index < -0.39 is 0 Å². The molecule has 16 heavy (non-hydrogen) atoms. The van der Waals surface area contributed by atoms with Gasteiger partial charge in [-0.05, 0) is 18.6 Å². The van der Waals surface area contributed by atoms with E-state index in [-0.39, 0.29) is 0 Å². The van der Waals surface area contributed by atoms with E-state index in [4.69, 9.17) is 4.74 Å². The maximum Gasteiger partial charge on any atom is 0.149 e. The van der Waals surface area contributed by atoms with E-state index >= 15 is 0 Å². The fourth-order valence-electron chi connectivity index (χ4n) is 1.62. The van der Waals surface area contributed by atoms with Crippen molar-refractivity contribution in [2.45, 2.75) is 6.92 Å². The lowest BCUT2D eigenvalue weighted by Crippen LogP contribution is -1.98. The minimum absolute atomic E-state index is 0.845. The number of para-hydroxylation sites is 1. The van der Waals surface area contributed by atoms with Crippen molar-refractivity contribution in [1.29, 1.82) is 0 Å². The van der Waals surface area contributed by atoms with Gasteiger partial charge in [-0.3, -0.25) is 4.99 Å². The lowest BCUT2D eigenvalue weighted by Gasteiger charge is -2.13. The fourth-order valence-corrected chi connectivity index (χ4v) is 1.62. The van der Waals surface area contributed by atoms with Crippen molar-refractivity contribution in [2.24, 2.45) is 4.99 Å². The molecule has 0 aliphatic heterocycles. The molecule has 3 heteroatoms. The van der Waals surface area contributed by atoms with Crippen LogP contribution in [0.5, 0.6) is 5.75 Å². The second kappa shape index (κ2) is 5.95. The highest BCUT2D eigenvalue weighted by Crippen LogP contribution is 2.32. The predicted molar refractivity (Wildman–Crippen MR) is 70.6 cm³/mol. The van der Waals surface area contributed by atoms with Crippen molar-refractivity contribution >= 4 is 17.5 Å². The van der Waals surface area contributed by atoms with E-state index in [0.29, 0.717) is 0 Å². The molecule has 0 saturated carbocycles. The number of benzene rings is 1. The number of ether oxygens (including phenoxy) is 1. The number of nitrogens with one attached hydrogen (secondary N) is 1. The zero-order chi connectivity index (χ0) is 12.0. The van der Waals surface area contributed by atoms with E-state index in [1.807, 2.05) is 44.5 Å². The Hall–Kier alpha value is -1.77. The largest absolute Gasteiger partial charge is 0.494 e. The molecule has 0 bridgehead atoms. The zero-order valence-corrected chi connectivity index (χ0v) is 10.2. The number of allylic oxidation sites excluding steroid dienone is 2. The third-order valence-electron chi connectivity index (χ3n) is 2.38. The number of anilines is 1. The molecule has 1 aromatic carbocycles. The van der Waals surface area contributed by atoms with Crippen LogP contribution < -0.4 is 10.1 Å². The standard InChI is InChI=1S/C13H18N2O/c1-5-10(9-14-2)11-7-6-8-12(15-3)13(11)16-4/h5-9,15H,1-4H3/b10-5+,14-9?. The molecule has 0 aliphatic rings. The number of methoxy groups -OCH3 is 1. The summed E-state index contributed by atoms with van der Waals surface area (Å²) >= 11 is 0. The topological polar surface area (TPSA) is 33.6 Å². The van der Waals surface area contributed by atoms with Gasteiger partial charge < -0.3 is 10.1 Å². The Morgan fingerprint density at radius 1 is 1.44 bits per heavy atom. The van der Waals surface area contributed by atoms with E-state index in [0.717, 1.165) is 22.6 Å². The van der Waals surface area contributed by atoms with Crippen molar-refractivity contribution in [3.8, 4) is 5.75 Å². The molecule has 0 atom stereocenters. The monoisotopic (exact) mass is 218 g/mol. The predicted octanol–water partition coefficient (Wildman–Crippen LogP) is 2.84. The van der Waals surface area contributed by atoms with Gasteiger partial charge in [-0.1, -0.05) is 18.2 Å². The van der Waals surface area contributed by atoms with Gasteiger partial charge in [0, 0.05) is 25.9 Å². The summed E-state index contributed by atoms with van der Waals surface area (Å²) in [6.45, 7) is 1.99. The van der Waals surface area contributed by atoms with E-state index in [2.05, 4.69) is 10.3 Å². The van der Waals surface area contributed by atoms with Gasteiger partial charge in [0.1, 0.15) is 5.75 Å². The second-order valence-corrected chi connectivity index (χ2v) is 3.27. The first-order valence-corrected chi connectivity index (χ1v) is 5.22. The first kappa shape index (κ1) is 12.3. The average molecular weight is 218 g/mol. The van der Waals surface area contributed by atoms with Crippen LogP contribution in [-0.4, -0.2) is 27.4 Å². The van der Waals surface area contributed by atoms with Gasteiger partial charge in [0.15, 0.2) is 0 Å². The van der Waals surface area contributed by atoms with Crippen LogP contribution >= 0.6 is 0 Å². The van der Waals surface area contributed by atoms with Crippen LogP contribution in [0.15, 0.2) is 29.3 Å². The highest BCUT2D eigenvalue weighted by Gasteiger charge is 2.09. The summed E-state index contributed by atoms with van der Waals surface area (Å²) in [7, 11) is 5.32. The molecule has 0 spiro atoms. The van der Waals surface area contributed by atoms with Crippen LogP contribution in [0.1, 0.15) is 12.5 Å². The number of rotatable bonds is 4. The van der Waals surface area contributed by atoms with E-state index in [1.54, 1.807) is 14.2 Å². The van der Waals surface area contributed by atoms with Crippen molar-refractivity contribution < 1.29 is 4.74 Å². The minimum atomic E-state index is 0.845. The van der Waals surface area contributed by atoms with E-state index in [1.165, 1.54) is 0 Å². The molecule has 1 rings (SSSR count). The van der Waals surface area contributed by atoms with Crippen molar-refractivity contribution in [1.82, 2.24) is 0 Å². The smallest absolute Gasteiger partial charge is 0.149 e. The normalized spacial score (nSPS) is 11.9. The Bertz CT molecular complexity index is 408. The van der Waals surface area contributed by atoms with Gasteiger partial charge in [0.05, 0.1) is 12.8 Å². The summed E-state index contributed by atoms with van der Waals surface area (Å²) in [6.07, 6.45) is 3.85. The number of hydrogen-bond donors (Lipinski definition) is 1. The van der Waals surface area contributed by atoms with Gasteiger partial charge >= 0.3 is 0 Å². The molecular weight excluding hydrogens is 200 g/mol. The number of nitrogens with zero attached hydrogens (tertiary/aromatic N) is 1. The first-order valence-electron chi connectivity index (χ1n) is 5.22. The van der Waals surface area contributed by atoms with Gasteiger partial charge in [-0.15, -0.1) is 0 Å². The van der Waals surface area contributed by atoms with Gasteiger partial charge in [0.25, 0.3) is 0 Å². The number of aliphatic imine (C=N–C) groups is 1. The second-order valence-electron chi connectivity index (χ2n) is 3.27. The summed E-state index contributed by atoms with van der Waals surface area (Å²) in [4.78, 5) is 4.04. The average Bonchev–Trinajstić information content (AvgIpc) is 2.34. The molecule has 0 saturated heterocycles. The molecule has 0 aromatic heterocycles. The van der Waals surface area contributed by atoms with Crippen LogP contribution in [0.2, 0.25) is 0 Å². The molecule has 0 fully saturated rings. The summed E-state index contributed by atoms with van der Waals surface area (Å²) in [6, 6.07) is 6.01. The molecule has 3 nitrogen and oxygen atoms in total. The third-order valence-corrected chi connectivity index (χ3v) is 2.38. The van der Waals surface area contributed by atoms with Crippen LogP contribution in [0.4, 0.5) is 5.69 Å². The van der Waals surface area contributed by atoms with Gasteiger partial charge in [-0.2, -0.15) is 0 Å². The summed E-state index contributed by atoms with van der Waals surface area (Å²) in [5.41, 5.74) is 3.07. The molecule has 0 unspecified atom stereocenters. The van der Waals surface area contributed by atoms with Gasteiger partial charge in [0.2, 0.25) is 0 Å². The maximum absolute atomic E-state index is 5.43. The number of hydrogen-bond acceptors (Lipinski definition) is 3. The Morgan fingerprint density at radius 2 is 2.19 bits per heavy atom. The molecular formula is C13H18N2O. The molecule has 0 amide bonds. The molecule has 1 aromatic rings. The first-order chi connectivity index (χ1) is 7.78. The minimum Gasteiger partial charge on any atom is -0.494 e. The van der Waals surface area contributed by atoms with Crippen LogP contribution in [-0.2, 0) is 0 Å². The van der Waals surface area contributed by atoms with Crippen molar-refractivity contribution in [3.05, 3.63) is 29.8 Å². The Morgan fingerprint density at radius 3 is 2.69 bits per heavy atom. The van der Waals surface area contributed by atoms with Crippen molar-refractivity contribution in [3.63, 3.8) is 0 Å². The molecule has 86 valence electrons. The van der Waals surface area contributed by atoms with E-state index in [9.17, 15) is 0 Å². The summed E-state index contributed by atoms with van der Waals surface area (Å²) in [5, 5.41) is 3.11. The molecule has 0 aliphatic carbocycles. The molecule has 1 N–H and O–H groups in total. The maximum atomic E-state index is 5.43. The van der Waals surface area contributed by atoms with Crippen LogP contribution in [0.3, 0.4) is 0 Å². The highest BCUT2D eigenvalue weighted by atomic mass is 16.5. The lowest BCUT2D eigenvalue weighted by molar-refractivity contribution is 0.415. The zero-order valence-electron chi connectivity index (χ0n) is 10.2. The van der Waals surface area contributed by atoms with Crippen LogP contribution in [0, 0.1) is 0 Å².